The lowest BCUT2D eigenvalue weighted by molar-refractivity contribution is -0.162. The summed E-state index contributed by atoms with van der Waals surface area (Å²) in [4.78, 5) is 49.4. The first-order chi connectivity index (χ1) is 19.0. The summed E-state index contributed by atoms with van der Waals surface area (Å²) >= 11 is 0. The number of rotatable bonds is 14. The highest BCUT2D eigenvalue weighted by Gasteiger charge is 2.24. The van der Waals surface area contributed by atoms with Crippen molar-refractivity contribution in [1.29, 1.82) is 0 Å². The van der Waals surface area contributed by atoms with E-state index in [1.54, 1.807) is 33.8 Å². The predicted molar refractivity (Wildman–Crippen MR) is 151 cm³/mol. The maximum absolute atomic E-state index is 12.5. The van der Waals surface area contributed by atoms with E-state index in [1.165, 1.54) is 12.1 Å². The third-order valence-corrected chi connectivity index (χ3v) is 6.74. The molecule has 1 aromatic carbocycles. The molecule has 0 saturated heterocycles. The Balaban J connectivity index is 2.95. The van der Waals surface area contributed by atoms with Gasteiger partial charge in [-0.3, -0.25) is 9.59 Å². The molecule has 5 atom stereocenters. The smallest absolute Gasteiger partial charge is 0.461 e. The van der Waals surface area contributed by atoms with E-state index in [2.05, 4.69) is 0 Å². The molecule has 0 spiro atoms. The molecule has 0 saturated carbocycles. The number of hydrogen-bond donors (Lipinski definition) is 1. The zero-order chi connectivity index (χ0) is 31.4. The monoisotopic (exact) mass is 581 g/mol. The minimum absolute atomic E-state index is 0.0142. The van der Waals surface area contributed by atoms with Gasteiger partial charge in [-0.1, -0.05) is 54.5 Å². The Morgan fingerprint density at radius 1 is 0.683 bits per heavy atom. The first kappa shape index (κ1) is 35.7. The zero-order valence-electron chi connectivity index (χ0n) is 25.9. The van der Waals surface area contributed by atoms with E-state index in [-0.39, 0.29) is 54.2 Å². The van der Waals surface area contributed by atoms with Crippen molar-refractivity contribution in [3.05, 3.63) is 23.8 Å². The molecule has 0 aliphatic carbocycles. The SMILES string of the molecule is CC(C)C(C)OC(=O)Oc1ccc(C[C@H](N)C(=O)OC[C@H](C)OC(=O)C(C)C(C)C)cc1OC(=O)OC(C)C(C)C. The number of carbonyl (C=O) groups is 4. The van der Waals surface area contributed by atoms with Crippen LogP contribution in [0.4, 0.5) is 9.59 Å². The van der Waals surface area contributed by atoms with Crippen molar-refractivity contribution in [3.8, 4) is 11.5 Å². The van der Waals surface area contributed by atoms with Gasteiger partial charge in [-0.2, -0.15) is 0 Å². The van der Waals surface area contributed by atoms with Gasteiger partial charge in [0.2, 0.25) is 0 Å². The van der Waals surface area contributed by atoms with Crippen LogP contribution in [0.1, 0.15) is 74.8 Å². The minimum atomic E-state index is -1.07. The van der Waals surface area contributed by atoms with Gasteiger partial charge in [-0.25, -0.2) is 9.59 Å². The average molecular weight is 582 g/mol. The van der Waals surface area contributed by atoms with Crippen LogP contribution < -0.4 is 15.2 Å². The van der Waals surface area contributed by atoms with Gasteiger partial charge in [-0.15, -0.1) is 0 Å². The molecular weight excluding hydrogens is 534 g/mol. The van der Waals surface area contributed by atoms with Crippen molar-refractivity contribution in [3.63, 3.8) is 0 Å². The molecule has 41 heavy (non-hydrogen) atoms. The Morgan fingerprint density at radius 2 is 1.20 bits per heavy atom. The van der Waals surface area contributed by atoms with Crippen LogP contribution in [0.25, 0.3) is 0 Å². The quantitative estimate of drug-likeness (QED) is 0.170. The Labute approximate surface area is 243 Å². The molecule has 0 radical (unpaired) electrons. The minimum Gasteiger partial charge on any atom is -0.461 e. The van der Waals surface area contributed by atoms with Crippen LogP contribution in [-0.4, -0.2) is 55.2 Å². The first-order valence-electron chi connectivity index (χ1n) is 14.0. The Morgan fingerprint density at radius 3 is 1.68 bits per heavy atom. The van der Waals surface area contributed by atoms with Crippen molar-refractivity contribution in [2.45, 2.75) is 100 Å². The molecule has 1 aromatic rings. The van der Waals surface area contributed by atoms with Gasteiger partial charge in [0, 0.05) is 0 Å². The second-order valence-corrected chi connectivity index (χ2v) is 11.3. The average Bonchev–Trinajstić information content (AvgIpc) is 2.87. The van der Waals surface area contributed by atoms with E-state index >= 15 is 0 Å². The summed E-state index contributed by atoms with van der Waals surface area (Å²) < 4.78 is 31.7. The number of hydrogen-bond acceptors (Lipinski definition) is 11. The van der Waals surface area contributed by atoms with Gasteiger partial charge in [0.15, 0.2) is 11.5 Å². The topological polar surface area (TPSA) is 150 Å². The van der Waals surface area contributed by atoms with Crippen molar-refractivity contribution < 1.29 is 47.6 Å². The summed E-state index contributed by atoms with van der Waals surface area (Å²) in [6.07, 6.45) is -3.42. The highest BCUT2D eigenvalue weighted by molar-refractivity contribution is 5.76. The fourth-order valence-corrected chi connectivity index (χ4v) is 2.90. The van der Waals surface area contributed by atoms with Crippen LogP contribution in [0.2, 0.25) is 0 Å². The highest BCUT2D eigenvalue weighted by Crippen LogP contribution is 2.30. The van der Waals surface area contributed by atoms with E-state index in [0.29, 0.717) is 5.56 Å². The van der Waals surface area contributed by atoms with Crippen LogP contribution in [-0.2, 0) is 35.0 Å². The summed E-state index contributed by atoms with van der Waals surface area (Å²) in [5.41, 5.74) is 6.55. The van der Waals surface area contributed by atoms with Crippen molar-refractivity contribution in [1.82, 2.24) is 0 Å². The second-order valence-electron chi connectivity index (χ2n) is 11.3. The molecule has 0 amide bonds. The van der Waals surface area contributed by atoms with Crippen LogP contribution in [0.3, 0.4) is 0 Å². The molecule has 0 aliphatic heterocycles. The number of ether oxygens (including phenoxy) is 6. The van der Waals surface area contributed by atoms with Gasteiger partial charge in [0.25, 0.3) is 0 Å². The lowest BCUT2D eigenvalue weighted by Crippen LogP contribution is -2.36. The molecule has 3 unspecified atom stereocenters. The molecule has 0 fully saturated rings. The third-order valence-electron chi connectivity index (χ3n) is 6.74. The summed E-state index contributed by atoms with van der Waals surface area (Å²) in [5, 5.41) is 0. The van der Waals surface area contributed by atoms with Crippen molar-refractivity contribution in [2.24, 2.45) is 29.4 Å². The van der Waals surface area contributed by atoms with Crippen LogP contribution >= 0.6 is 0 Å². The second kappa shape index (κ2) is 16.8. The molecule has 0 heterocycles. The molecule has 1 rings (SSSR count). The number of benzene rings is 1. The molecular formula is C30H47NO10. The van der Waals surface area contributed by atoms with Crippen LogP contribution in [0.5, 0.6) is 11.5 Å². The fourth-order valence-electron chi connectivity index (χ4n) is 2.90. The first-order valence-corrected chi connectivity index (χ1v) is 14.0. The van der Waals surface area contributed by atoms with E-state index in [9.17, 15) is 19.2 Å². The molecule has 0 aromatic heterocycles. The van der Waals surface area contributed by atoms with Crippen LogP contribution in [0, 0.1) is 23.7 Å². The van der Waals surface area contributed by atoms with E-state index in [4.69, 9.17) is 34.2 Å². The highest BCUT2D eigenvalue weighted by atomic mass is 16.8. The molecule has 11 nitrogen and oxygen atoms in total. The summed E-state index contributed by atoms with van der Waals surface area (Å²) in [5.74, 6) is -1.32. The summed E-state index contributed by atoms with van der Waals surface area (Å²) in [6, 6.07) is 3.31. The van der Waals surface area contributed by atoms with Gasteiger partial charge >= 0.3 is 24.2 Å². The Bertz CT molecular complexity index is 1020. The third kappa shape index (κ3) is 12.8. The van der Waals surface area contributed by atoms with Gasteiger partial charge in [0.05, 0.1) is 5.92 Å². The van der Waals surface area contributed by atoms with E-state index in [1.807, 2.05) is 41.5 Å². The number of carbonyl (C=O) groups excluding carboxylic acids is 4. The van der Waals surface area contributed by atoms with Gasteiger partial charge in [0.1, 0.15) is 31.0 Å². The predicted octanol–water partition coefficient (Wildman–Crippen LogP) is 5.44. The Kier molecular flexibility index (Phi) is 14.6. The molecule has 2 N–H and O–H groups in total. The van der Waals surface area contributed by atoms with Crippen molar-refractivity contribution in [2.75, 3.05) is 6.61 Å². The Hall–Kier alpha value is -3.34. The fraction of sp³-hybridized carbons (Fsp3) is 0.667. The number of esters is 2. The lowest BCUT2D eigenvalue weighted by Gasteiger charge is -2.20. The summed E-state index contributed by atoms with van der Waals surface area (Å²) in [7, 11) is 0. The summed E-state index contributed by atoms with van der Waals surface area (Å²) in [6.45, 7) is 18.1. The van der Waals surface area contributed by atoms with Crippen molar-refractivity contribution >= 4 is 24.2 Å². The maximum Gasteiger partial charge on any atom is 0.514 e. The van der Waals surface area contributed by atoms with Gasteiger partial charge in [-0.05, 0) is 62.6 Å². The largest absolute Gasteiger partial charge is 0.514 e. The zero-order valence-corrected chi connectivity index (χ0v) is 25.9. The van der Waals surface area contributed by atoms with Crippen LogP contribution in [0.15, 0.2) is 18.2 Å². The standard InChI is InChI=1S/C30H47NO10/c1-16(2)20(8)27(32)37-19(7)15-36-28(33)24(31)13-23-11-12-25(40-29(34)38-21(9)17(3)4)26(14-23)41-30(35)39-22(10)18(5)6/h11-12,14,16-22,24H,13,15,31H2,1-10H3/t19-,20?,21?,22?,24-/m0/s1. The molecule has 0 bridgehead atoms. The van der Waals surface area contributed by atoms with E-state index < -0.39 is 42.6 Å². The normalized spacial score (nSPS) is 15.0. The molecule has 11 heteroatoms. The van der Waals surface area contributed by atoms with Gasteiger partial charge < -0.3 is 34.2 Å². The number of nitrogens with two attached hydrogens (primary N) is 1. The van der Waals surface area contributed by atoms with E-state index in [0.717, 1.165) is 0 Å². The lowest BCUT2D eigenvalue weighted by atomic mass is 9.98. The maximum atomic E-state index is 12.5. The molecule has 0 aliphatic rings. The molecule has 232 valence electrons.